The van der Waals surface area contributed by atoms with Crippen LogP contribution in [0.15, 0.2) is 54.6 Å². The van der Waals surface area contributed by atoms with Gasteiger partial charge in [-0.05, 0) is 43.5 Å². The van der Waals surface area contributed by atoms with Crippen molar-refractivity contribution in [3.8, 4) is 0 Å². The van der Waals surface area contributed by atoms with Gasteiger partial charge in [-0.15, -0.1) is 0 Å². The molecule has 2 aromatic rings. The number of amides is 1. The Balaban J connectivity index is 2.02. The maximum absolute atomic E-state index is 13.0. The van der Waals surface area contributed by atoms with Gasteiger partial charge in [0.1, 0.15) is 0 Å². The van der Waals surface area contributed by atoms with Crippen molar-refractivity contribution in [1.82, 2.24) is 4.90 Å². The SMILES string of the molecule is CCCCCCCN(Cc1ccc(N(CC)CC)cc1)C(=O)Cc1ccccc1. The van der Waals surface area contributed by atoms with Gasteiger partial charge in [0, 0.05) is 31.9 Å². The summed E-state index contributed by atoms with van der Waals surface area (Å²) < 4.78 is 0. The molecule has 158 valence electrons. The summed E-state index contributed by atoms with van der Waals surface area (Å²) >= 11 is 0. The summed E-state index contributed by atoms with van der Waals surface area (Å²) in [5.74, 6) is 0.222. The Bertz CT molecular complexity index is 692. The first-order chi connectivity index (χ1) is 14.2. The third kappa shape index (κ3) is 7.92. The highest BCUT2D eigenvalue weighted by atomic mass is 16.2. The zero-order chi connectivity index (χ0) is 20.9. The minimum atomic E-state index is 0.222. The molecule has 0 bridgehead atoms. The molecule has 0 atom stereocenters. The standard InChI is InChI=1S/C26H38N2O/c1-4-7-8-9-13-20-28(26(29)21-23-14-11-10-12-15-23)22-24-16-18-25(19-17-24)27(5-2)6-3/h10-12,14-19H,4-9,13,20-22H2,1-3H3. The Morgan fingerprint density at radius 3 is 2.03 bits per heavy atom. The molecule has 0 aliphatic carbocycles. The lowest BCUT2D eigenvalue weighted by Gasteiger charge is -2.24. The van der Waals surface area contributed by atoms with Crippen LogP contribution in [0, 0.1) is 0 Å². The molecule has 0 radical (unpaired) electrons. The lowest BCUT2D eigenvalue weighted by atomic mass is 10.1. The second-order valence-electron chi connectivity index (χ2n) is 7.73. The van der Waals surface area contributed by atoms with E-state index >= 15 is 0 Å². The predicted molar refractivity (Wildman–Crippen MR) is 124 cm³/mol. The molecule has 0 N–H and O–H groups in total. The number of hydrogen-bond acceptors (Lipinski definition) is 2. The number of benzene rings is 2. The van der Waals surface area contributed by atoms with Crippen molar-refractivity contribution in [2.24, 2.45) is 0 Å². The summed E-state index contributed by atoms with van der Waals surface area (Å²) in [6.07, 6.45) is 6.55. The average Bonchev–Trinajstić information content (AvgIpc) is 2.75. The molecule has 0 fully saturated rings. The molecule has 29 heavy (non-hydrogen) atoms. The zero-order valence-corrected chi connectivity index (χ0v) is 18.6. The number of unbranched alkanes of at least 4 members (excludes halogenated alkanes) is 4. The topological polar surface area (TPSA) is 23.6 Å². The lowest BCUT2D eigenvalue weighted by molar-refractivity contribution is -0.131. The fraction of sp³-hybridized carbons (Fsp3) is 0.500. The van der Waals surface area contributed by atoms with Crippen LogP contribution in [0.2, 0.25) is 0 Å². The second kappa shape index (κ2) is 13.0. The number of nitrogens with zero attached hydrogens (tertiary/aromatic N) is 2. The second-order valence-corrected chi connectivity index (χ2v) is 7.73. The van der Waals surface area contributed by atoms with Gasteiger partial charge >= 0.3 is 0 Å². The molecule has 3 nitrogen and oxygen atoms in total. The Kier molecular flexibility index (Phi) is 10.3. The van der Waals surface area contributed by atoms with Gasteiger partial charge in [0.15, 0.2) is 0 Å². The van der Waals surface area contributed by atoms with Crippen molar-refractivity contribution in [2.75, 3.05) is 24.5 Å². The van der Waals surface area contributed by atoms with Crippen LogP contribution >= 0.6 is 0 Å². The maximum atomic E-state index is 13.0. The van der Waals surface area contributed by atoms with E-state index in [1.807, 2.05) is 35.2 Å². The molecule has 0 heterocycles. The Labute approximate surface area is 177 Å². The molecule has 0 unspecified atom stereocenters. The summed E-state index contributed by atoms with van der Waals surface area (Å²) in [5.41, 5.74) is 3.54. The Morgan fingerprint density at radius 1 is 0.759 bits per heavy atom. The van der Waals surface area contributed by atoms with E-state index in [4.69, 9.17) is 0 Å². The summed E-state index contributed by atoms with van der Waals surface area (Å²) in [6.45, 7) is 10.1. The number of carbonyl (C=O) groups excluding carboxylic acids is 1. The van der Waals surface area contributed by atoms with E-state index in [2.05, 4.69) is 49.9 Å². The first-order valence-electron chi connectivity index (χ1n) is 11.3. The molecule has 0 saturated carbocycles. The van der Waals surface area contributed by atoms with Crippen molar-refractivity contribution in [3.05, 3.63) is 65.7 Å². The maximum Gasteiger partial charge on any atom is 0.227 e. The zero-order valence-electron chi connectivity index (χ0n) is 18.6. The molecule has 0 saturated heterocycles. The van der Waals surface area contributed by atoms with Crippen LogP contribution in [0.1, 0.15) is 64.0 Å². The average molecular weight is 395 g/mol. The van der Waals surface area contributed by atoms with E-state index in [0.717, 1.165) is 31.6 Å². The van der Waals surface area contributed by atoms with Gasteiger partial charge < -0.3 is 9.80 Å². The van der Waals surface area contributed by atoms with Crippen molar-refractivity contribution < 1.29 is 4.79 Å². The van der Waals surface area contributed by atoms with E-state index < -0.39 is 0 Å². The molecule has 0 aliphatic heterocycles. The lowest BCUT2D eigenvalue weighted by Crippen LogP contribution is -2.32. The van der Waals surface area contributed by atoms with Crippen molar-refractivity contribution in [3.63, 3.8) is 0 Å². The van der Waals surface area contributed by atoms with Gasteiger partial charge in [-0.1, -0.05) is 75.1 Å². The summed E-state index contributed by atoms with van der Waals surface area (Å²) in [6, 6.07) is 18.8. The summed E-state index contributed by atoms with van der Waals surface area (Å²) in [5, 5.41) is 0. The molecular formula is C26H38N2O. The number of anilines is 1. The molecule has 2 aromatic carbocycles. The molecule has 0 aliphatic rings. The third-order valence-corrected chi connectivity index (χ3v) is 5.52. The number of rotatable bonds is 13. The minimum absolute atomic E-state index is 0.222. The third-order valence-electron chi connectivity index (χ3n) is 5.52. The summed E-state index contributed by atoms with van der Waals surface area (Å²) in [7, 11) is 0. The molecule has 0 spiro atoms. The first-order valence-corrected chi connectivity index (χ1v) is 11.3. The quantitative estimate of drug-likeness (QED) is 0.385. The molecule has 3 heteroatoms. The summed E-state index contributed by atoms with van der Waals surface area (Å²) in [4.78, 5) is 17.4. The van der Waals surface area contributed by atoms with Crippen LogP contribution in [-0.4, -0.2) is 30.4 Å². The Morgan fingerprint density at radius 2 is 1.41 bits per heavy atom. The molecular weight excluding hydrogens is 356 g/mol. The molecule has 2 rings (SSSR count). The molecule has 1 amide bonds. The van der Waals surface area contributed by atoms with Crippen LogP contribution in [0.5, 0.6) is 0 Å². The number of carbonyl (C=O) groups is 1. The van der Waals surface area contributed by atoms with Gasteiger partial charge in [0.05, 0.1) is 6.42 Å². The van der Waals surface area contributed by atoms with Crippen molar-refractivity contribution >= 4 is 11.6 Å². The van der Waals surface area contributed by atoms with Crippen LogP contribution in [-0.2, 0) is 17.8 Å². The van der Waals surface area contributed by atoms with Crippen molar-refractivity contribution in [1.29, 1.82) is 0 Å². The van der Waals surface area contributed by atoms with Gasteiger partial charge in [0.2, 0.25) is 5.91 Å². The van der Waals surface area contributed by atoms with Gasteiger partial charge in [-0.3, -0.25) is 4.79 Å². The molecule has 0 aromatic heterocycles. The normalized spacial score (nSPS) is 10.7. The minimum Gasteiger partial charge on any atom is -0.372 e. The predicted octanol–water partition coefficient (Wildman–Crippen LogP) is 6.07. The first kappa shape index (κ1) is 23.0. The van der Waals surface area contributed by atoms with Gasteiger partial charge in [-0.2, -0.15) is 0 Å². The fourth-order valence-corrected chi connectivity index (χ4v) is 3.70. The van der Waals surface area contributed by atoms with E-state index in [-0.39, 0.29) is 5.91 Å². The largest absolute Gasteiger partial charge is 0.372 e. The fourth-order valence-electron chi connectivity index (χ4n) is 3.70. The van der Waals surface area contributed by atoms with Crippen LogP contribution in [0.4, 0.5) is 5.69 Å². The Hall–Kier alpha value is -2.29. The van der Waals surface area contributed by atoms with Crippen LogP contribution in [0.25, 0.3) is 0 Å². The monoisotopic (exact) mass is 394 g/mol. The van der Waals surface area contributed by atoms with E-state index in [0.29, 0.717) is 13.0 Å². The van der Waals surface area contributed by atoms with Crippen LogP contribution < -0.4 is 4.90 Å². The van der Waals surface area contributed by atoms with Crippen LogP contribution in [0.3, 0.4) is 0 Å². The smallest absolute Gasteiger partial charge is 0.227 e. The number of hydrogen-bond donors (Lipinski definition) is 0. The van der Waals surface area contributed by atoms with Crippen molar-refractivity contribution in [2.45, 2.75) is 65.8 Å². The highest BCUT2D eigenvalue weighted by Crippen LogP contribution is 2.17. The van der Waals surface area contributed by atoms with E-state index in [1.165, 1.54) is 36.9 Å². The van der Waals surface area contributed by atoms with E-state index in [1.54, 1.807) is 0 Å². The van der Waals surface area contributed by atoms with Gasteiger partial charge in [-0.25, -0.2) is 0 Å². The highest BCUT2D eigenvalue weighted by Gasteiger charge is 2.15. The van der Waals surface area contributed by atoms with Gasteiger partial charge in [0.25, 0.3) is 0 Å². The van der Waals surface area contributed by atoms with E-state index in [9.17, 15) is 4.79 Å². The highest BCUT2D eigenvalue weighted by molar-refractivity contribution is 5.78.